The van der Waals surface area contributed by atoms with E-state index in [1.165, 1.54) is 16.4 Å². The van der Waals surface area contributed by atoms with Gasteiger partial charge in [-0.05, 0) is 30.0 Å². The van der Waals surface area contributed by atoms with Crippen LogP contribution in [0, 0.1) is 5.92 Å². The van der Waals surface area contributed by atoms with E-state index in [9.17, 15) is 0 Å². The van der Waals surface area contributed by atoms with Gasteiger partial charge in [0, 0.05) is 15.3 Å². The number of hydrogen-bond acceptors (Lipinski definition) is 1. The number of hydrogen-bond donors (Lipinski definition) is 0. The van der Waals surface area contributed by atoms with E-state index in [0.29, 0.717) is 0 Å². The molecule has 0 N–H and O–H groups in total. The molecule has 0 aromatic heterocycles. The van der Waals surface area contributed by atoms with Gasteiger partial charge in [0.1, 0.15) is 0 Å². The Morgan fingerprint density at radius 3 is 2.69 bits per heavy atom. The van der Waals surface area contributed by atoms with Crippen molar-refractivity contribution in [2.75, 3.05) is 6.26 Å². The van der Waals surface area contributed by atoms with Crippen molar-refractivity contribution in [3.63, 3.8) is 0 Å². The summed E-state index contributed by atoms with van der Waals surface area (Å²) in [7, 11) is 0. The minimum Gasteiger partial charge on any atom is -0.130 e. The van der Waals surface area contributed by atoms with Crippen LogP contribution in [-0.4, -0.2) is 6.26 Å². The van der Waals surface area contributed by atoms with Crippen LogP contribution in [0.2, 0.25) is 0 Å². The molecule has 0 bridgehead atoms. The fourth-order valence-corrected chi connectivity index (χ4v) is 2.16. The van der Waals surface area contributed by atoms with Crippen LogP contribution in [-0.2, 0) is 0 Å². The molecule has 0 aliphatic rings. The van der Waals surface area contributed by atoms with E-state index >= 15 is 0 Å². The molecule has 1 aromatic rings. The molecule has 0 amide bonds. The molecule has 0 fully saturated rings. The Balaban J connectivity index is 3.07. The lowest BCUT2D eigenvalue weighted by atomic mass is 10.0. The third-order valence-electron chi connectivity index (χ3n) is 1.87. The lowest BCUT2D eigenvalue weighted by Gasteiger charge is -2.08. The number of thioether (sulfide) groups is 1. The highest BCUT2D eigenvalue weighted by atomic mass is 79.9. The first-order valence-electron chi connectivity index (χ1n) is 3.98. The second-order valence-corrected chi connectivity index (χ2v) is 4.56. The zero-order valence-electron chi connectivity index (χ0n) is 7.80. The largest absolute Gasteiger partial charge is 0.130 e. The summed E-state index contributed by atoms with van der Waals surface area (Å²) in [5.41, 5.74) is 1.23. The summed E-state index contributed by atoms with van der Waals surface area (Å²) in [6.07, 6.45) is 3.96. The van der Waals surface area contributed by atoms with Gasteiger partial charge in [0.05, 0.1) is 0 Å². The van der Waals surface area contributed by atoms with E-state index in [4.69, 9.17) is 0 Å². The third-order valence-corrected chi connectivity index (χ3v) is 3.03. The van der Waals surface area contributed by atoms with Gasteiger partial charge in [0.25, 0.3) is 0 Å². The molecule has 1 radical (unpaired) electrons. The summed E-state index contributed by atoms with van der Waals surface area (Å²) >= 11 is 5.24. The SMILES string of the molecule is C=C[C](C)c1cc(Br)cc(SC)c1. The molecule has 13 heavy (non-hydrogen) atoms. The van der Waals surface area contributed by atoms with Gasteiger partial charge >= 0.3 is 0 Å². The Labute approximate surface area is 92.6 Å². The first-order chi connectivity index (χ1) is 6.17. The van der Waals surface area contributed by atoms with E-state index in [0.717, 1.165) is 4.47 Å². The maximum absolute atomic E-state index is 3.76. The highest BCUT2D eigenvalue weighted by Crippen LogP contribution is 2.26. The van der Waals surface area contributed by atoms with Crippen molar-refractivity contribution in [3.8, 4) is 0 Å². The molecule has 0 heterocycles. The lowest BCUT2D eigenvalue weighted by Crippen LogP contribution is -1.89. The van der Waals surface area contributed by atoms with Crippen LogP contribution in [0.25, 0.3) is 0 Å². The summed E-state index contributed by atoms with van der Waals surface area (Å²) in [6, 6.07) is 6.40. The predicted octanol–water partition coefficient (Wildman–Crippen LogP) is 4.30. The van der Waals surface area contributed by atoms with Gasteiger partial charge in [0.2, 0.25) is 0 Å². The van der Waals surface area contributed by atoms with Crippen LogP contribution in [0.4, 0.5) is 0 Å². The van der Waals surface area contributed by atoms with Gasteiger partial charge < -0.3 is 0 Å². The van der Waals surface area contributed by atoms with E-state index in [2.05, 4.69) is 53.9 Å². The number of allylic oxidation sites excluding steroid dienone is 1. The number of halogens is 1. The van der Waals surface area contributed by atoms with E-state index in [1.54, 1.807) is 11.8 Å². The average Bonchev–Trinajstić information content (AvgIpc) is 2.15. The fourth-order valence-electron chi connectivity index (χ4n) is 1.03. The normalized spacial score (nSPS) is 10.5. The molecular formula is C11H12BrS. The van der Waals surface area contributed by atoms with Crippen LogP contribution in [0.15, 0.2) is 40.2 Å². The molecule has 69 valence electrons. The Hall–Kier alpha value is -0.210. The third kappa shape index (κ3) is 2.89. The first kappa shape index (κ1) is 10.9. The van der Waals surface area contributed by atoms with Gasteiger partial charge in [-0.1, -0.05) is 28.9 Å². The topological polar surface area (TPSA) is 0 Å². The maximum Gasteiger partial charge on any atom is 0.0231 e. The van der Waals surface area contributed by atoms with Gasteiger partial charge in [0.15, 0.2) is 0 Å². The van der Waals surface area contributed by atoms with Crippen LogP contribution in [0.3, 0.4) is 0 Å². The van der Waals surface area contributed by atoms with E-state index < -0.39 is 0 Å². The van der Waals surface area contributed by atoms with Crippen molar-refractivity contribution in [3.05, 3.63) is 46.8 Å². The lowest BCUT2D eigenvalue weighted by molar-refractivity contribution is 1.22. The summed E-state index contributed by atoms with van der Waals surface area (Å²) in [4.78, 5) is 1.27. The van der Waals surface area contributed by atoms with Crippen molar-refractivity contribution in [1.29, 1.82) is 0 Å². The van der Waals surface area contributed by atoms with Crippen molar-refractivity contribution >= 4 is 27.7 Å². The maximum atomic E-state index is 3.76. The van der Waals surface area contributed by atoms with Crippen molar-refractivity contribution in [2.45, 2.75) is 11.8 Å². The Bertz CT molecular complexity index is 307. The molecule has 0 saturated carbocycles. The van der Waals surface area contributed by atoms with Crippen LogP contribution in [0.5, 0.6) is 0 Å². The molecule has 0 aliphatic heterocycles. The number of benzene rings is 1. The molecule has 2 heteroatoms. The van der Waals surface area contributed by atoms with Gasteiger partial charge in [-0.25, -0.2) is 0 Å². The average molecular weight is 256 g/mol. The van der Waals surface area contributed by atoms with Crippen molar-refractivity contribution in [1.82, 2.24) is 0 Å². The Morgan fingerprint density at radius 1 is 1.46 bits per heavy atom. The minimum atomic E-state index is 1.12. The van der Waals surface area contributed by atoms with Crippen LogP contribution in [0.1, 0.15) is 12.5 Å². The van der Waals surface area contributed by atoms with Gasteiger partial charge in [-0.2, -0.15) is 0 Å². The molecule has 0 unspecified atom stereocenters. The highest BCUT2D eigenvalue weighted by Gasteiger charge is 2.04. The zero-order chi connectivity index (χ0) is 9.84. The Kier molecular flexibility index (Phi) is 4.07. The fraction of sp³-hybridized carbons (Fsp3) is 0.182. The van der Waals surface area contributed by atoms with Gasteiger partial charge in [-0.3, -0.25) is 0 Å². The van der Waals surface area contributed by atoms with E-state index in [-0.39, 0.29) is 0 Å². The smallest absolute Gasteiger partial charge is 0.0231 e. The summed E-state index contributed by atoms with van der Waals surface area (Å²) in [6.45, 7) is 5.83. The molecule has 1 rings (SSSR count). The van der Waals surface area contributed by atoms with Crippen molar-refractivity contribution in [2.24, 2.45) is 0 Å². The quantitative estimate of drug-likeness (QED) is 0.726. The monoisotopic (exact) mass is 255 g/mol. The Morgan fingerprint density at radius 2 is 2.15 bits per heavy atom. The number of rotatable bonds is 3. The van der Waals surface area contributed by atoms with Crippen LogP contribution < -0.4 is 0 Å². The predicted molar refractivity (Wildman–Crippen MR) is 64.1 cm³/mol. The molecule has 0 saturated heterocycles. The summed E-state index contributed by atoms with van der Waals surface area (Å²) in [5.74, 6) is 1.21. The molecular weight excluding hydrogens is 244 g/mol. The second-order valence-electron chi connectivity index (χ2n) is 2.77. The van der Waals surface area contributed by atoms with E-state index in [1.807, 2.05) is 6.08 Å². The molecule has 0 aliphatic carbocycles. The standard InChI is InChI=1S/C11H12BrS/c1-4-8(2)9-5-10(12)7-11(6-9)13-3/h4-7H,1H2,2-3H3. The molecule has 1 aromatic carbocycles. The minimum absolute atomic E-state index is 1.12. The second kappa shape index (κ2) is 4.87. The van der Waals surface area contributed by atoms with Crippen LogP contribution >= 0.6 is 27.7 Å². The molecule has 0 atom stereocenters. The summed E-state index contributed by atoms with van der Waals surface area (Å²) in [5, 5.41) is 0. The molecule has 0 spiro atoms. The first-order valence-corrected chi connectivity index (χ1v) is 6.00. The zero-order valence-corrected chi connectivity index (χ0v) is 10.2. The van der Waals surface area contributed by atoms with Gasteiger partial charge in [-0.15, -0.1) is 18.3 Å². The summed E-state index contributed by atoms with van der Waals surface area (Å²) < 4.78 is 1.12. The highest BCUT2D eigenvalue weighted by molar-refractivity contribution is 9.10. The molecule has 0 nitrogen and oxygen atoms in total. The van der Waals surface area contributed by atoms with Crippen molar-refractivity contribution < 1.29 is 0 Å².